The number of aromatic nitrogens is 3. The number of nitrogens with zero attached hydrogens (tertiary/aromatic N) is 3. The van der Waals surface area contributed by atoms with Crippen LogP contribution in [0.15, 0.2) is 8.83 Å². The maximum Gasteiger partial charge on any atom is 0.271 e. The van der Waals surface area contributed by atoms with Gasteiger partial charge in [0, 0.05) is 13.8 Å². The fourth-order valence-corrected chi connectivity index (χ4v) is 0.988. The van der Waals surface area contributed by atoms with E-state index in [1.54, 1.807) is 13.8 Å². The van der Waals surface area contributed by atoms with Crippen LogP contribution in [0.1, 0.15) is 11.8 Å². The van der Waals surface area contributed by atoms with Crippen molar-refractivity contribution in [1.29, 1.82) is 0 Å². The summed E-state index contributed by atoms with van der Waals surface area (Å²) in [5.41, 5.74) is 5.93. The van der Waals surface area contributed by atoms with E-state index in [0.717, 1.165) is 0 Å². The average Bonchev–Trinajstić information content (AvgIpc) is 2.58. The highest BCUT2D eigenvalue weighted by atomic mass is 16.4. The Morgan fingerprint density at radius 1 is 1.00 bits per heavy atom. The zero-order valence-electron chi connectivity index (χ0n) is 8.24. The molecule has 0 saturated heterocycles. The minimum Gasteiger partial charge on any atom is -0.425 e. The summed E-state index contributed by atoms with van der Waals surface area (Å²) in [6.07, 6.45) is 0. The van der Waals surface area contributed by atoms with E-state index < -0.39 is 0 Å². The zero-order chi connectivity index (χ0) is 9.42. The first kappa shape index (κ1) is 13.1. The Hall–Kier alpha value is -1.93. The molecule has 0 atom stereocenters. The molecule has 0 spiro atoms. The van der Waals surface area contributed by atoms with Crippen LogP contribution in [0.4, 0.5) is 5.88 Å². The predicted octanol–water partition coefficient (Wildman–Crippen LogP) is -0.726. The minimum absolute atomic E-state index is 0. The summed E-state index contributed by atoms with van der Waals surface area (Å²) in [5, 5.41) is 7.43. The molecule has 2 heterocycles. The van der Waals surface area contributed by atoms with Crippen molar-refractivity contribution >= 4 is 5.88 Å². The van der Waals surface area contributed by atoms with Crippen LogP contribution in [0.2, 0.25) is 0 Å². The normalized spacial score (nSPS) is 9.20. The molecule has 8 heteroatoms. The maximum absolute atomic E-state index is 5.53. The van der Waals surface area contributed by atoms with Gasteiger partial charge in [-0.1, -0.05) is 0 Å². The molecule has 2 aromatic rings. The van der Waals surface area contributed by atoms with Crippen molar-refractivity contribution in [3.63, 3.8) is 0 Å². The smallest absolute Gasteiger partial charge is 0.271 e. The van der Waals surface area contributed by atoms with Gasteiger partial charge >= 0.3 is 0 Å². The van der Waals surface area contributed by atoms with Crippen LogP contribution in [-0.4, -0.2) is 26.1 Å². The van der Waals surface area contributed by atoms with Gasteiger partial charge in [0.15, 0.2) is 11.6 Å². The summed E-state index contributed by atoms with van der Waals surface area (Å²) in [4.78, 5) is 4.01. The van der Waals surface area contributed by atoms with E-state index >= 15 is 0 Å². The fourth-order valence-electron chi connectivity index (χ4n) is 0.988. The predicted molar refractivity (Wildman–Crippen MR) is 50.9 cm³/mol. The molecule has 0 aliphatic heterocycles. The number of oxazole rings is 1. The Morgan fingerprint density at radius 3 is 2.07 bits per heavy atom. The first-order chi connectivity index (χ1) is 6.16. The number of hydrogen-bond donors (Lipinski definition) is 1. The van der Waals surface area contributed by atoms with E-state index in [-0.39, 0.29) is 22.7 Å². The third kappa shape index (κ3) is 2.30. The van der Waals surface area contributed by atoms with Crippen LogP contribution in [0, 0.1) is 13.8 Å². The van der Waals surface area contributed by atoms with Gasteiger partial charge in [-0.15, -0.1) is 10.2 Å². The quantitative estimate of drug-likeness (QED) is 0.662. The fraction of sp³-hybridized carbons (Fsp3) is 0.286. The summed E-state index contributed by atoms with van der Waals surface area (Å²) in [6, 6.07) is 0. The van der Waals surface area contributed by atoms with E-state index in [0.29, 0.717) is 17.5 Å². The standard InChI is InChI=1S/C7H8N4O2.2H2O/c1-3-9-5(6(8)12-3)7-11-10-4(2)13-7;;/h8H2,1-2H3;2*1H2. The number of rotatable bonds is 1. The molecule has 0 fully saturated rings. The van der Waals surface area contributed by atoms with Crippen molar-refractivity contribution in [2.24, 2.45) is 0 Å². The molecule has 15 heavy (non-hydrogen) atoms. The maximum atomic E-state index is 5.53. The average molecular weight is 216 g/mol. The SMILES string of the molecule is Cc1nnc(-c2nc(C)oc2N)o1.O.O. The summed E-state index contributed by atoms with van der Waals surface area (Å²) in [7, 11) is 0. The third-order valence-electron chi connectivity index (χ3n) is 1.49. The van der Waals surface area contributed by atoms with Crippen LogP contribution in [-0.2, 0) is 0 Å². The van der Waals surface area contributed by atoms with Gasteiger partial charge in [-0.05, 0) is 0 Å². The molecule has 8 nitrogen and oxygen atoms in total. The molecular weight excluding hydrogens is 204 g/mol. The second-order valence-electron chi connectivity index (χ2n) is 2.57. The van der Waals surface area contributed by atoms with Crippen molar-refractivity contribution < 1.29 is 19.8 Å². The van der Waals surface area contributed by atoms with E-state index in [1.807, 2.05) is 0 Å². The summed E-state index contributed by atoms with van der Waals surface area (Å²) in [5.74, 6) is 1.42. The number of anilines is 1. The van der Waals surface area contributed by atoms with Crippen LogP contribution in [0.3, 0.4) is 0 Å². The minimum atomic E-state index is 0. The van der Waals surface area contributed by atoms with Gasteiger partial charge in [-0.25, -0.2) is 4.98 Å². The summed E-state index contributed by atoms with van der Waals surface area (Å²) >= 11 is 0. The van der Waals surface area contributed by atoms with Gasteiger partial charge in [0.25, 0.3) is 5.89 Å². The summed E-state index contributed by atoms with van der Waals surface area (Å²) in [6.45, 7) is 3.39. The molecule has 0 bridgehead atoms. The van der Waals surface area contributed by atoms with Crippen LogP contribution in [0.25, 0.3) is 11.6 Å². The number of nitrogens with two attached hydrogens (primary N) is 1. The van der Waals surface area contributed by atoms with E-state index in [1.165, 1.54) is 0 Å². The van der Waals surface area contributed by atoms with Crippen molar-refractivity contribution in [1.82, 2.24) is 15.2 Å². The Labute approximate surface area is 84.7 Å². The van der Waals surface area contributed by atoms with Crippen molar-refractivity contribution in [2.45, 2.75) is 13.8 Å². The molecule has 6 N–H and O–H groups in total. The lowest BCUT2D eigenvalue weighted by Crippen LogP contribution is -1.86. The highest BCUT2D eigenvalue weighted by Crippen LogP contribution is 2.23. The van der Waals surface area contributed by atoms with Crippen molar-refractivity contribution in [2.75, 3.05) is 5.73 Å². The second-order valence-corrected chi connectivity index (χ2v) is 2.57. The molecule has 84 valence electrons. The van der Waals surface area contributed by atoms with Crippen LogP contribution in [0.5, 0.6) is 0 Å². The first-order valence-corrected chi connectivity index (χ1v) is 3.70. The Bertz CT molecular complexity index is 436. The van der Waals surface area contributed by atoms with Gasteiger partial charge < -0.3 is 25.5 Å². The highest BCUT2D eigenvalue weighted by molar-refractivity contribution is 5.60. The Balaban J connectivity index is 0.000000980. The van der Waals surface area contributed by atoms with Crippen LogP contribution < -0.4 is 5.73 Å². The molecule has 0 aliphatic rings. The van der Waals surface area contributed by atoms with Gasteiger partial charge in [0.1, 0.15) is 0 Å². The van der Waals surface area contributed by atoms with Crippen molar-refractivity contribution in [3.8, 4) is 11.6 Å². The molecule has 0 amide bonds. The molecule has 0 aromatic carbocycles. The first-order valence-electron chi connectivity index (χ1n) is 3.70. The molecule has 2 rings (SSSR count). The third-order valence-corrected chi connectivity index (χ3v) is 1.49. The van der Waals surface area contributed by atoms with Gasteiger partial charge in [0.05, 0.1) is 0 Å². The van der Waals surface area contributed by atoms with Crippen LogP contribution >= 0.6 is 0 Å². The monoisotopic (exact) mass is 216 g/mol. The van der Waals surface area contributed by atoms with Gasteiger partial charge in [0.2, 0.25) is 11.8 Å². The number of aryl methyl sites for hydroxylation is 2. The Kier molecular flexibility index (Phi) is 3.95. The lowest BCUT2D eigenvalue weighted by atomic mass is 10.4. The molecule has 0 aliphatic carbocycles. The van der Waals surface area contributed by atoms with Gasteiger partial charge in [-0.3, -0.25) is 0 Å². The largest absolute Gasteiger partial charge is 0.425 e. The molecule has 0 saturated carbocycles. The lowest BCUT2D eigenvalue weighted by Gasteiger charge is -1.85. The highest BCUT2D eigenvalue weighted by Gasteiger charge is 2.15. The molecule has 0 radical (unpaired) electrons. The number of nitrogen functional groups attached to an aromatic ring is 1. The Morgan fingerprint density at radius 2 is 1.67 bits per heavy atom. The van der Waals surface area contributed by atoms with E-state index in [2.05, 4.69) is 15.2 Å². The molecular formula is C7H12N4O4. The number of hydrogen-bond acceptors (Lipinski definition) is 6. The molecule has 2 aromatic heterocycles. The molecule has 0 unspecified atom stereocenters. The van der Waals surface area contributed by atoms with Gasteiger partial charge in [-0.2, -0.15) is 0 Å². The second kappa shape index (κ2) is 4.53. The zero-order valence-corrected chi connectivity index (χ0v) is 8.24. The lowest BCUT2D eigenvalue weighted by molar-refractivity contribution is 0.529. The van der Waals surface area contributed by atoms with E-state index in [9.17, 15) is 0 Å². The summed E-state index contributed by atoms with van der Waals surface area (Å²) < 4.78 is 10.2. The van der Waals surface area contributed by atoms with Crippen molar-refractivity contribution in [3.05, 3.63) is 11.8 Å². The topological polar surface area (TPSA) is 154 Å². The van der Waals surface area contributed by atoms with E-state index in [4.69, 9.17) is 14.6 Å².